The lowest BCUT2D eigenvalue weighted by atomic mass is 10.1. The van der Waals surface area contributed by atoms with Gasteiger partial charge in [-0.15, -0.1) is 0 Å². The van der Waals surface area contributed by atoms with Crippen LogP contribution in [0, 0.1) is 11.3 Å². The first-order valence-corrected chi connectivity index (χ1v) is 5.57. The molecule has 18 heavy (non-hydrogen) atoms. The molecule has 0 spiro atoms. The minimum absolute atomic E-state index is 0.293. The largest absolute Gasteiger partial charge is 0.449 e. The van der Waals surface area contributed by atoms with Gasteiger partial charge in [-0.2, -0.15) is 5.26 Å². The van der Waals surface area contributed by atoms with Crippen LogP contribution >= 0.6 is 0 Å². The molecule has 1 atom stereocenters. The van der Waals surface area contributed by atoms with Crippen LogP contribution in [0.15, 0.2) is 41.1 Å². The van der Waals surface area contributed by atoms with E-state index in [1.807, 2.05) is 6.07 Å². The molecule has 2 N–H and O–H groups in total. The Labute approximate surface area is 105 Å². The number of aliphatic hydroxyl groups excluding tert-OH is 1. The molecule has 1 unspecified atom stereocenters. The van der Waals surface area contributed by atoms with Crippen LogP contribution in [0.2, 0.25) is 0 Å². The number of nitrogens with one attached hydrogen (secondary N) is 1. The van der Waals surface area contributed by atoms with E-state index < -0.39 is 6.10 Å². The monoisotopic (exact) mass is 243 g/mol. The van der Waals surface area contributed by atoms with E-state index in [9.17, 15) is 5.11 Å². The van der Waals surface area contributed by atoms with Crippen LogP contribution in [0.5, 0.6) is 0 Å². The van der Waals surface area contributed by atoms with Crippen molar-refractivity contribution in [3.63, 3.8) is 0 Å². The third kappa shape index (κ3) is 3.17. The summed E-state index contributed by atoms with van der Waals surface area (Å²) in [5.41, 5.74) is 0.814. The summed E-state index contributed by atoms with van der Waals surface area (Å²) in [6.07, 6.45) is 2.70. The van der Waals surface area contributed by atoms with Crippen LogP contribution in [0.4, 0.5) is 0 Å². The molecule has 0 fully saturated rings. The first-order valence-electron chi connectivity index (χ1n) is 5.57. The summed E-state index contributed by atoms with van der Waals surface area (Å²) in [5, 5.41) is 21.5. The van der Waals surface area contributed by atoms with Crippen LogP contribution in [-0.4, -0.2) is 16.6 Å². The van der Waals surface area contributed by atoms with E-state index in [0.29, 0.717) is 24.6 Å². The topological polar surface area (TPSA) is 82.1 Å². The molecule has 0 saturated carbocycles. The van der Waals surface area contributed by atoms with Crippen molar-refractivity contribution in [2.45, 2.75) is 12.6 Å². The number of hydrogen-bond donors (Lipinski definition) is 2. The summed E-state index contributed by atoms with van der Waals surface area (Å²) in [6, 6.07) is 8.83. The second-order valence-corrected chi connectivity index (χ2v) is 3.81. The molecular formula is C13H13N3O2. The number of rotatable bonds is 5. The molecule has 0 aromatic carbocycles. The van der Waals surface area contributed by atoms with E-state index in [2.05, 4.69) is 10.3 Å². The SMILES string of the molecule is N#Cc1ccc(CNCC(O)c2ccncc2)o1. The minimum atomic E-state index is -0.585. The van der Waals surface area contributed by atoms with Gasteiger partial charge in [-0.3, -0.25) is 4.98 Å². The normalized spacial score (nSPS) is 12.0. The summed E-state index contributed by atoms with van der Waals surface area (Å²) >= 11 is 0. The highest BCUT2D eigenvalue weighted by molar-refractivity contribution is 5.19. The molecular weight excluding hydrogens is 230 g/mol. The molecule has 0 aliphatic heterocycles. The van der Waals surface area contributed by atoms with Gasteiger partial charge in [0.1, 0.15) is 11.8 Å². The Morgan fingerprint density at radius 2 is 2.11 bits per heavy atom. The van der Waals surface area contributed by atoms with E-state index in [0.717, 1.165) is 5.56 Å². The van der Waals surface area contributed by atoms with E-state index >= 15 is 0 Å². The maximum absolute atomic E-state index is 9.88. The number of pyridine rings is 1. The summed E-state index contributed by atoms with van der Waals surface area (Å²) in [7, 11) is 0. The molecule has 2 rings (SSSR count). The summed E-state index contributed by atoms with van der Waals surface area (Å²) in [6.45, 7) is 0.885. The average Bonchev–Trinajstić information content (AvgIpc) is 2.87. The number of aromatic nitrogens is 1. The van der Waals surface area contributed by atoms with E-state index in [4.69, 9.17) is 9.68 Å². The van der Waals surface area contributed by atoms with Crippen LogP contribution in [0.25, 0.3) is 0 Å². The van der Waals surface area contributed by atoms with Crippen molar-refractivity contribution in [3.8, 4) is 6.07 Å². The van der Waals surface area contributed by atoms with Crippen molar-refractivity contribution in [1.29, 1.82) is 5.26 Å². The summed E-state index contributed by atoms with van der Waals surface area (Å²) in [4.78, 5) is 3.89. The predicted molar refractivity (Wildman–Crippen MR) is 64.3 cm³/mol. The summed E-state index contributed by atoms with van der Waals surface area (Å²) < 4.78 is 5.21. The van der Waals surface area contributed by atoms with Gasteiger partial charge in [0.05, 0.1) is 12.6 Å². The molecule has 92 valence electrons. The lowest BCUT2D eigenvalue weighted by Gasteiger charge is -2.10. The fraction of sp³-hybridized carbons (Fsp3) is 0.231. The van der Waals surface area contributed by atoms with Gasteiger partial charge in [-0.1, -0.05) is 0 Å². The van der Waals surface area contributed by atoms with Gasteiger partial charge in [-0.25, -0.2) is 0 Å². The average molecular weight is 243 g/mol. The smallest absolute Gasteiger partial charge is 0.203 e. The molecule has 0 amide bonds. The maximum atomic E-state index is 9.88. The molecule has 0 bridgehead atoms. The van der Waals surface area contributed by atoms with Gasteiger partial charge < -0.3 is 14.8 Å². The van der Waals surface area contributed by atoms with Gasteiger partial charge >= 0.3 is 0 Å². The van der Waals surface area contributed by atoms with E-state index in [1.54, 1.807) is 36.7 Å². The Hall–Kier alpha value is -2.16. The lowest BCUT2D eigenvalue weighted by molar-refractivity contribution is 0.173. The fourth-order valence-electron chi connectivity index (χ4n) is 1.57. The summed E-state index contributed by atoms with van der Waals surface area (Å²) in [5.74, 6) is 0.968. The Bertz CT molecular complexity index is 531. The van der Waals surface area contributed by atoms with Crippen molar-refractivity contribution in [1.82, 2.24) is 10.3 Å². The van der Waals surface area contributed by atoms with Crippen molar-refractivity contribution in [3.05, 3.63) is 53.7 Å². The number of furan rings is 1. The molecule has 0 saturated heterocycles. The van der Waals surface area contributed by atoms with Crippen LogP contribution < -0.4 is 5.32 Å². The third-order valence-corrected chi connectivity index (χ3v) is 2.50. The molecule has 2 aromatic rings. The number of nitriles is 1. The molecule has 5 nitrogen and oxygen atoms in total. The second-order valence-electron chi connectivity index (χ2n) is 3.81. The Kier molecular flexibility index (Phi) is 4.07. The molecule has 0 aliphatic carbocycles. The third-order valence-electron chi connectivity index (χ3n) is 2.50. The first-order chi connectivity index (χ1) is 8.79. The van der Waals surface area contributed by atoms with Crippen LogP contribution in [-0.2, 0) is 6.54 Å². The molecule has 2 aromatic heterocycles. The standard InChI is InChI=1S/C13H13N3O2/c14-7-11-1-2-12(18-11)8-16-9-13(17)10-3-5-15-6-4-10/h1-6,13,16-17H,8-9H2. The van der Waals surface area contributed by atoms with Gasteiger partial charge in [0.2, 0.25) is 5.76 Å². The molecule has 0 aliphatic rings. The second kappa shape index (κ2) is 5.96. The quantitative estimate of drug-likeness (QED) is 0.828. The van der Waals surface area contributed by atoms with E-state index in [-0.39, 0.29) is 0 Å². The number of nitrogens with zero attached hydrogens (tertiary/aromatic N) is 2. The van der Waals surface area contributed by atoms with E-state index in [1.165, 1.54) is 0 Å². The van der Waals surface area contributed by atoms with Crippen molar-refractivity contribution in [2.24, 2.45) is 0 Å². The van der Waals surface area contributed by atoms with Crippen LogP contribution in [0.3, 0.4) is 0 Å². The van der Waals surface area contributed by atoms with Gasteiger partial charge in [0.15, 0.2) is 0 Å². The Balaban J connectivity index is 1.80. The highest BCUT2D eigenvalue weighted by atomic mass is 16.3. The van der Waals surface area contributed by atoms with Crippen LogP contribution in [0.1, 0.15) is 23.2 Å². The Morgan fingerprint density at radius 3 is 2.78 bits per heavy atom. The predicted octanol–water partition coefficient (Wildman–Crippen LogP) is 1.37. The highest BCUT2D eigenvalue weighted by Crippen LogP contribution is 2.10. The number of aliphatic hydroxyl groups is 1. The molecule has 5 heteroatoms. The molecule has 0 radical (unpaired) electrons. The maximum Gasteiger partial charge on any atom is 0.203 e. The van der Waals surface area contributed by atoms with Gasteiger partial charge in [-0.05, 0) is 29.8 Å². The lowest BCUT2D eigenvalue weighted by Crippen LogP contribution is -2.20. The van der Waals surface area contributed by atoms with Crippen molar-refractivity contribution in [2.75, 3.05) is 6.54 Å². The van der Waals surface area contributed by atoms with Crippen molar-refractivity contribution < 1.29 is 9.52 Å². The molecule has 2 heterocycles. The number of hydrogen-bond acceptors (Lipinski definition) is 5. The van der Waals surface area contributed by atoms with Crippen molar-refractivity contribution >= 4 is 0 Å². The minimum Gasteiger partial charge on any atom is -0.449 e. The zero-order valence-electron chi connectivity index (χ0n) is 9.71. The first kappa shape index (κ1) is 12.3. The highest BCUT2D eigenvalue weighted by Gasteiger charge is 2.07. The van der Waals surface area contributed by atoms with Gasteiger partial charge in [0.25, 0.3) is 0 Å². The zero-order chi connectivity index (χ0) is 12.8. The zero-order valence-corrected chi connectivity index (χ0v) is 9.71. The fourth-order valence-corrected chi connectivity index (χ4v) is 1.57. The Morgan fingerprint density at radius 1 is 1.33 bits per heavy atom. The van der Waals surface area contributed by atoms with Gasteiger partial charge in [0, 0.05) is 18.9 Å².